The van der Waals surface area contributed by atoms with Crippen LogP contribution < -0.4 is 14.8 Å². The molecule has 3 atom stereocenters. The molecule has 3 fully saturated rings. The van der Waals surface area contributed by atoms with Gasteiger partial charge in [0.15, 0.2) is 0 Å². The quantitative estimate of drug-likeness (QED) is 0.0759. The fourth-order valence-corrected chi connectivity index (χ4v) is 10.2. The minimum atomic E-state index is -4.56. The molecule has 3 N–H and O–H groups in total. The molecule has 1 amide bonds. The summed E-state index contributed by atoms with van der Waals surface area (Å²) in [6.07, 6.45) is 12.8. The van der Waals surface area contributed by atoms with E-state index in [-0.39, 0.29) is 40.9 Å². The van der Waals surface area contributed by atoms with Crippen molar-refractivity contribution in [2.24, 2.45) is 11.8 Å². The van der Waals surface area contributed by atoms with Crippen molar-refractivity contribution in [1.82, 2.24) is 19.6 Å². The molecule has 3 unspecified atom stereocenters. The standard InChI is InChI=1S/C46H47N7O7S/c47-26-34-16-20-52(44(34)39-4-2-1-3-38(39)31-5-6-31)35-10-7-30(8-11-35)32-9-13-40(43(24-32)60-36-23-33-15-19-48-45(33)50-28-36)46(54)51-61(57,58)37-12-14-41(42(25-37)53(55)56)49-27-29-17-21-59-22-18-29/h1-4,7,9,12-15,19,23-25,28-29,31,34-35,44,49H,5-6,8,10-11,16-18,20-22,27H2,(H,48,50)(H,51,54). The van der Waals surface area contributed by atoms with Crippen molar-refractivity contribution in [2.45, 2.75) is 74.3 Å². The minimum Gasteiger partial charge on any atom is -0.455 e. The maximum absolute atomic E-state index is 13.9. The summed E-state index contributed by atoms with van der Waals surface area (Å²) in [6.45, 7) is 2.59. The second-order valence-electron chi connectivity index (χ2n) is 16.5. The highest BCUT2D eigenvalue weighted by Crippen LogP contribution is 2.49. The largest absolute Gasteiger partial charge is 0.455 e. The summed E-state index contributed by atoms with van der Waals surface area (Å²) < 4.78 is 41.2. The molecule has 2 aliphatic heterocycles. The third kappa shape index (κ3) is 8.61. The number of pyridine rings is 1. The number of ether oxygens (including phenoxy) is 2. The van der Waals surface area contributed by atoms with E-state index in [4.69, 9.17) is 9.47 Å². The summed E-state index contributed by atoms with van der Waals surface area (Å²) >= 11 is 0. The van der Waals surface area contributed by atoms with E-state index in [9.17, 15) is 28.6 Å². The molecule has 2 aromatic heterocycles. The van der Waals surface area contributed by atoms with Crippen LogP contribution in [0.2, 0.25) is 0 Å². The van der Waals surface area contributed by atoms with Crippen LogP contribution in [0.3, 0.4) is 0 Å². The number of allylic oxidation sites excluding steroid dienone is 1. The zero-order chi connectivity index (χ0) is 42.1. The third-order valence-corrected chi connectivity index (χ3v) is 13.9. The number of sulfonamides is 1. The molecule has 0 radical (unpaired) electrons. The average molecular weight is 842 g/mol. The number of nitro groups is 1. The number of hydrogen-bond acceptors (Lipinski definition) is 11. The number of aromatic amines is 1. The first-order chi connectivity index (χ1) is 29.6. The van der Waals surface area contributed by atoms with Gasteiger partial charge in [0.05, 0.1) is 39.6 Å². The van der Waals surface area contributed by atoms with Gasteiger partial charge in [-0.3, -0.25) is 19.8 Å². The van der Waals surface area contributed by atoms with Crippen molar-refractivity contribution in [3.63, 3.8) is 0 Å². The van der Waals surface area contributed by atoms with E-state index in [0.29, 0.717) is 37.1 Å². The predicted octanol–water partition coefficient (Wildman–Crippen LogP) is 8.62. The first-order valence-corrected chi connectivity index (χ1v) is 22.5. The molecule has 314 valence electrons. The molecular formula is C46H47N7O7S. The highest BCUT2D eigenvalue weighted by molar-refractivity contribution is 7.90. The molecule has 2 aliphatic carbocycles. The number of benzene rings is 3. The van der Waals surface area contributed by atoms with Crippen molar-refractivity contribution < 1.29 is 27.6 Å². The van der Waals surface area contributed by atoms with Crippen molar-refractivity contribution in [1.29, 1.82) is 5.26 Å². The fourth-order valence-electron chi connectivity index (χ4n) is 9.20. The summed E-state index contributed by atoms with van der Waals surface area (Å²) in [5, 5.41) is 26.2. The molecule has 4 heterocycles. The fraction of sp³-hybridized carbons (Fsp3) is 0.370. The van der Waals surface area contributed by atoms with Crippen LogP contribution in [-0.2, 0) is 14.8 Å². The normalized spacial score (nSPS) is 21.1. The van der Waals surface area contributed by atoms with Gasteiger partial charge >= 0.3 is 0 Å². The van der Waals surface area contributed by atoms with Gasteiger partial charge in [0, 0.05) is 50.0 Å². The first-order valence-electron chi connectivity index (χ1n) is 21.0. The Balaban J connectivity index is 0.964. The Kier molecular flexibility index (Phi) is 11.3. The number of rotatable bonds is 13. The summed E-state index contributed by atoms with van der Waals surface area (Å²) in [4.78, 5) is 35.0. The van der Waals surface area contributed by atoms with Gasteiger partial charge in [0.25, 0.3) is 21.6 Å². The highest BCUT2D eigenvalue weighted by Gasteiger charge is 2.42. The van der Waals surface area contributed by atoms with Crippen LogP contribution in [-0.4, -0.2) is 66.5 Å². The molecule has 0 spiro atoms. The monoisotopic (exact) mass is 841 g/mol. The number of H-pyrrole nitrogens is 1. The summed E-state index contributed by atoms with van der Waals surface area (Å²) in [7, 11) is -4.56. The van der Waals surface area contributed by atoms with Gasteiger partial charge in [-0.15, -0.1) is 0 Å². The molecule has 0 bridgehead atoms. The predicted molar refractivity (Wildman–Crippen MR) is 230 cm³/mol. The number of nitrogens with zero attached hydrogens (tertiary/aromatic N) is 4. The van der Waals surface area contributed by atoms with Crippen molar-refractivity contribution in [3.05, 3.63) is 124 Å². The minimum absolute atomic E-state index is 0.0446. The molecule has 4 aliphatic rings. The number of nitrogens with one attached hydrogen (secondary N) is 3. The van der Waals surface area contributed by atoms with E-state index in [1.807, 2.05) is 6.07 Å². The highest BCUT2D eigenvalue weighted by atomic mass is 32.2. The molecule has 3 aromatic carbocycles. The van der Waals surface area contributed by atoms with Gasteiger partial charge in [-0.25, -0.2) is 18.1 Å². The molecule has 61 heavy (non-hydrogen) atoms. The number of carbonyl (C=O) groups excluding carboxylic acids is 1. The lowest BCUT2D eigenvalue weighted by Gasteiger charge is -2.37. The molecule has 2 saturated heterocycles. The number of hydrogen-bond donors (Lipinski definition) is 3. The van der Waals surface area contributed by atoms with E-state index in [1.54, 1.807) is 30.5 Å². The molecule has 1 saturated carbocycles. The summed E-state index contributed by atoms with van der Waals surface area (Å²) in [6, 6.07) is 23.8. The Morgan fingerprint density at radius 1 is 1.02 bits per heavy atom. The van der Waals surface area contributed by atoms with Gasteiger partial charge in [0.1, 0.15) is 22.8 Å². The van der Waals surface area contributed by atoms with E-state index in [0.717, 1.165) is 67.7 Å². The number of fused-ring (bicyclic) bond motifs is 1. The first kappa shape index (κ1) is 40.3. The van der Waals surface area contributed by atoms with Crippen molar-refractivity contribution in [3.8, 4) is 17.6 Å². The van der Waals surface area contributed by atoms with Crippen LogP contribution in [0.1, 0.15) is 90.4 Å². The Labute approximate surface area is 354 Å². The molecular weight excluding hydrogens is 795 g/mol. The number of amides is 1. The number of carbonyl (C=O) groups is 1. The Morgan fingerprint density at radius 3 is 2.59 bits per heavy atom. The topological polar surface area (TPSA) is 193 Å². The van der Waals surface area contributed by atoms with E-state index < -0.39 is 31.4 Å². The van der Waals surface area contributed by atoms with E-state index >= 15 is 0 Å². The number of nitro benzene ring substituents is 1. The van der Waals surface area contributed by atoms with Crippen LogP contribution >= 0.6 is 0 Å². The number of anilines is 1. The molecule has 14 nitrogen and oxygen atoms in total. The lowest BCUT2D eigenvalue weighted by atomic mass is 9.86. The van der Waals surface area contributed by atoms with Crippen LogP contribution in [0, 0.1) is 33.3 Å². The second-order valence-corrected chi connectivity index (χ2v) is 18.2. The Morgan fingerprint density at radius 2 is 1.84 bits per heavy atom. The average Bonchev–Trinajstić information content (AvgIpc) is 3.87. The molecule has 15 heteroatoms. The van der Waals surface area contributed by atoms with Crippen LogP contribution in [0.15, 0.2) is 96.2 Å². The van der Waals surface area contributed by atoms with Gasteiger partial charge in [-0.1, -0.05) is 36.4 Å². The van der Waals surface area contributed by atoms with Gasteiger partial charge < -0.3 is 19.8 Å². The number of aromatic nitrogens is 2. The van der Waals surface area contributed by atoms with Gasteiger partial charge in [0.2, 0.25) is 0 Å². The van der Waals surface area contributed by atoms with E-state index in [2.05, 4.69) is 61.3 Å². The zero-order valence-corrected chi connectivity index (χ0v) is 34.4. The Bertz CT molecular complexity index is 2660. The zero-order valence-electron chi connectivity index (χ0n) is 33.6. The maximum atomic E-state index is 13.9. The SMILES string of the molecule is N#CC1CCN(C2CC=C(c3ccc(C(=O)NS(=O)(=O)c4ccc(NCC5CCOCC5)c([N+](=O)[O-])c4)c(Oc4cnc5[nH]ccc5c4)c3)CC2)C1c1ccccc1C1CC1. The third-order valence-electron chi connectivity index (χ3n) is 12.6. The molecule has 9 rings (SSSR count). The smallest absolute Gasteiger partial charge is 0.293 e. The lowest BCUT2D eigenvalue weighted by Crippen LogP contribution is -2.37. The van der Waals surface area contributed by atoms with Crippen molar-refractivity contribution in [2.75, 3.05) is 31.6 Å². The summed E-state index contributed by atoms with van der Waals surface area (Å²) in [5.41, 5.74) is 4.96. The van der Waals surface area contributed by atoms with Crippen LogP contribution in [0.4, 0.5) is 11.4 Å². The van der Waals surface area contributed by atoms with Crippen LogP contribution in [0.25, 0.3) is 16.6 Å². The van der Waals surface area contributed by atoms with Gasteiger partial charge in [-0.05, 0) is 122 Å². The maximum Gasteiger partial charge on any atom is 0.293 e. The Hall–Kier alpha value is -6.08. The number of nitriles is 1. The van der Waals surface area contributed by atoms with Gasteiger partial charge in [-0.2, -0.15) is 5.26 Å². The van der Waals surface area contributed by atoms with Crippen LogP contribution in [0.5, 0.6) is 11.5 Å². The lowest BCUT2D eigenvalue weighted by molar-refractivity contribution is -0.384. The van der Waals surface area contributed by atoms with Crippen molar-refractivity contribution >= 4 is 43.9 Å². The second kappa shape index (κ2) is 17.1. The summed E-state index contributed by atoms with van der Waals surface area (Å²) in [5.74, 6) is 0.297. The molecule has 5 aromatic rings. The number of likely N-dealkylation sites (tertiary alicyclic amines) is 1. The van der Waals surface area contributed by atoms with E-state index in [1.165, 1.54) is 42.3 Å².